The van der Waals surface area contributed by atoms with Crippen molar-refractivity contribution in [3.63, 3.8) is 0 Å². The third-order valence-corrected chi connectivity index (χ3v) is 5.74. The maximum Gasteiger partial charge on any atom is 0.389 e. The first-order chi connectivity index (χ1) is 13.8. The number of anilines is 2. The van der Waals surface area contributed by atoms with Crippen LogP contribution in [0.15, 0.2) is 12.1 Å². The molecule has 1 aromatic carbocycles. The Morgan fingerprint density at radius 1 is 1.13 bits per heavy atom. The standard InChI is InChI=1S/C21H31F3N4O.ClH/c1-16-18(26-8-11-27-9-2-3-10-27)14-17(20(29)4-5-21(22,23)24)15-19(16)28-12-6-25-7-13-28;/h14-15,25-26H,2-13H2,1H3;1H. The summed E-state index contributed by atoms with van der Waals surface area (Å²) in [6.07, 6.45) is -3.45. The molecule has 3 rings (SSSR count). The highest BCUT2D eigenvalue weighted by Crippen LogP contribution is 2.31. The van der Waals surface area contributed by atoms with Crippen LogP contribution in [0, 0.1) is 6.92 Å². The Kier molecular flexibility index (Phi) is 9.25. The molecule has 2 saturated heterocycles. The quantitative estimate of drug-likeness (QED) is 0.591. The molecular weight excluding hydrogens is 417 g/mol. The summed E-state index contributed by atoms with van der Waals surface area (Å²) in [5.74, 6) is -0.457. The number of alkyl halides is 3. The fourth-order valence-electron chi connectivity index (χ4n) is 4.03. The van der Waals surface area contributed by atoms with Crippen molar-refractivity contribution in [1.29, 1.82) is 0 Å². The van der Waals surface area contributed by atoms with E-state index in [0.29, 0.717) is 5.56 Å². The summed E-state index contributed by atoms with van der Waals surface area (Å²) in [7, 11) is 0. The largest absolute Gasteiger partial charge is 0.389 e. The van der Waals surface area contributed by atoms with Gasteiger partial charge in [-0.15, -0.1) is 12.4 Å². The van der Waals surface area contributed by atoms with E-state index in [1.54, 1.807) is 12.1 Å². The zero-order valence-electron chi connectivity index (χ0n) is 17.5. The molecule has 0 saturated carbocycles. The minimum atomic E-state index is -4.32. The van der Waals surface area contributed by atoms with Gasteiger partial charge in [-0.3, -0.25) is 4.79 Å². The SMILES string of the molecule is Cc1c(NCCN2CCCC2)cc(C(=O)CCC(F)(F)F)cc1N1CCNCC1.Cl. The van der Waals surface area contributed by atoms with E-state index in [-0.39, 0.29) is 12.4 Å². The number of piperazine rings is 1. The molecule has 2 fully saturated rings. The summed E-state index contributed by atoms with van der Waals surface area (Å²) in [5.41, 5.74) is 3.18. The number of ketones is 1. The Balaban J connectivity index is 0.00000320. The summed E-state index contributed by atoms with van der Waals surface area (Å²) in [4.78, 5) is 17.1. The lowest BCUT2D eigenvalue weighted by Crippen LogP contribution is -2.44. The summed E-state index contributed by atoms with van der Waals surface area (Å²) in [6.45, 7) is 9.25. The molecule has 0 aromatic heterocycles. The molecule has 0 unspecified atom stereocenters. The molecular formula is C21H32ClF3N4O. The molecule has 0 spiro atoms. The molecule has 30 heavy (non-hydrogen) atoms. The smallest absolute Gasteiger partial charge is 0.383 e. The fourth-order valence-corrected chi connectivity index (χ4v) is 4.03. The number of nitrogens with zero attached hydrogens (tertiary/aromatic N) is 2. The van der Waals surface area contributed by atoms with Gasteiger partial charge in [-0.2, -0.15) is 13.2 Å². The van der Waals surface area contributed by atoms with Gasteiger partial charge in [-0.05, 0) is 50.6 Å². The number of hydrogen-bond donors (Lipinski definition) is 2. The predicted molar refractivity (Wildman–Crippen MR) is 117 cm³/mol. The van der Waals surface area contributed by atoms with Gasteiger partial charge in [-0.1, -0.05) is 0 Å². The monoisotopic (exact) mass is 448 g/mol. The van der Waals surface area contributed by atoms with Crippen molar-refractivity contribution in [3.8, 4) is 0 Å². The number of carbonyl (C=O) groups is 1. The second-order valence-electron chi connectivity index (χ2n) is 7.92. The van der Waals surface area contributed by atoms with Crippen LogP contribution < -0.4 is 15.5 Å². The number of halogens is 4. The molecule has 1 aromatic rings. The second-order valence-corrected chi connectivity index (χ2v) is 7.92. The number of hydrogen-bond acceptors (Lipinski definition) is 5. The van der Waals surface area contributed by atoms with Crippen molar-refractivity contribution in [3.05, 3.63) is 23.3 Å². The average molecular weight is 449 g/mol. The van der Waals surface area contributed by atoms with Crippen molar-refractivity contribution < 1.29 is 18.0 Å². The highest BCUT2D eigenvalue weighted by atomic mass is 35.5. The van der Waals surface area contributed by atoms with Crippen LogP contribution in [0.1, 0.15) is 41.6 Å². The third kappa shape index (κ3) is 7.03. The van der Waals surface area contributed by atoms with Gasteiger partial charge in [0.2, 0.25) is 0 Å². The maximum atomic E-state index is 12.6. The minimum absolute atomic E-state index is 0. The van der Waals surface area contributed by atoms with E-state index >= 15 is 0 Å². The van der Waals surface area contributed by atoms with E-state index in [1.807, 2.05) is 6.92 Å². The van der Waals surface area contributed by atoms with Gasteiger partial charge in [0.05, 0.1) is 6.42 Å². The van der Waals surface area contributed by atoms with Crippen LogP contribution in [0.4, 0.5) is 24.5 Å². The molecule has 5 nitrogen and oxygen atoms in total. The van der Waals surface area contributed by atoms with E-state index in [0.717, 1.165) is 69.3 Å². The number of Topliss-reactive ketones (excluding diaryl/α,β-unsaturated/α-hetero) is 1. The number of carbonyl (C=O) groups excluding carboxylic acids is 1. The summed E-state index contributed by atoms with van der Waals surface area (Å²) in [5, 5.41) is 6.73. The first-order valence-corrected chi connectivity index (χ1v) is 10.5. The third-order valence-electron chi connectivity index (χ3n) is 5.74. The Bertz CT molecular complexity index is 702. The number of likely N-dealkylation sites (tertiary alicyclic amines) is 1. The van der Waals surface area contributed by atoms with Crippen LogP contribution in [-0.2, 0) is 0 Å². The lowest BCUT2D eigenvalue weighted by molar-refractivity contribution is -0.133. The average Bonchev–Trinajstić information content (AvgIpc) is 3.21. The molecule has 2 N–H and O–H groups in total. The Hall–Kier alpha value is -1.51. The highest BCUT2D eigenvalue weighted by molar-refractivity contribution is 5.98. The molecule has 9 heteroatoms. The van der Waals surface area contributed by atoms with Crippen molar-refractivity contribution in [2.75, 3.05) is 62.6 Å². The summed E-state index contributed by atoms with van der Waals surface area (Å²) < 4.78 is 37.7. The van der Waals surface area contributed by atoms with Gasteiger partial charge in [0.1, 0.15) is 0 Å². The van der Waals surface area contributed by atoms with Crippen LogP contribution in [0.2, 0.25) is 0 Å². The zero-order chi connectivity index (χ0) is 20.9. The van der Waals surface area contributed by atoms with Crippen molar-refractivity contribution in [2.45, 2.75) is 38.8 Å². The predicted octanol–water partition coefficient (Wildman–Crippen LogP) is 3.86. The molecule has 0 radical (unpaired) electrons. The molecule has 170 valence electrons. The second kappa shape index (κ2) is 11.2. The van der Waals surface area contributed by atoms with Crippen LogP contribution in [0.25, 0.3) is 0 Å². The van der Waals surface area contributed by atoms with Crippen molar-refractivity contribution >= 4 is 29.6 Å². The van der Waals surface area contributed by atoms with Crippen LogP contribution in [-0.4, -0.2) is 69.2 Å². The Morgan fingerprint density at radius 2 is 1.80 bits per heavy atom. The number of benzene rings is 1. The highest BCUT2D eigenvalue weighted by Gasteiger charge is 2.28. The zero-order valence-corrected chi connectivity index (χ0v) is 18.3. The molecule has 0 amide bonds. The molecule has 2 aliphatic heterocycles. The van der Waals surface area contributed by atoms with Gasteiger partial charge < -0.3 is 20.4 Å². The minimum Gasteiger partial charge on any atom is -0.383 e. The Morgan fingerprint density at radius 3 is 2.43 bits per heavy atom. The van der Waals surface area contributed by atoms with Gasteiger partial charge in [0.25, 0.3) is 0 Å². The lowest BCUT2D eigenvalue weighted by Gasteiger charge is -2.32. The normalized spacial score (nSPS) is 17.7. The Labute approximate surface area is 182 Å². The van der Waals surface area contributed by atoms with Crippen LogP contribution in [0.5, 0.6) is 0 Å². The maximum absolute atomic E-state index is 12.6. The molecule has 0 atom stereocenters. The molecule has 0 aliphatic carbocycles. The van der Waals surface area contributed by atoms with Gasteiger partial charge in [-0.25, -0.2) is 0 Å². The first kappa shape index (κ1) is 24.8. The number of nitrogens with one attached hydrogen (secondary N) is 2. The summed E-state index contributed by atoms with van der Waals surface area (Å²) >= 11 is 0. The van der Waals surface area contributed by atoms with E-state index in [4.69, 9.17) is 0 Å². The van der Waals surface area contributed by atoms with Gasteiger partial charge >= 0.3 is 6.18 Å². The van der Waals surface area contributed by atoms with Gasteiger partial charge in [0, 0.05) is 62.6 Å². The van der Waals surface area contributed by atoms with E-state index in [2.05, 4.69) is 20.4 Å². The number of rotatable bonds is 8. The lowest BCUT2D eigenvalue weighted by atomic mass is 10.0. The van der Waals surface area contributed by atoms with Gasteiger partial charge in [0.15, 0.2) is 5.78 Å². The summed E-state index contributed by atoms with van der Waals surface area (Å²) in [6, 6.07) is 3.49. The first-order valence-electron chi connectivity index (χ1n) is 10.5. The van der Waals surface area contributed by atoms with Crippen LogP contribution in [0.3, 0.4) is 0 Å². The molecule has 0 bridgehead atoms. The topological polar surface area (TPSA) is 47.6 Å². The van der Waals surface area contributed by atoms with Crippen LogP contribution >= 0.6 is 12.4 Å². The van der Waals surface area contributed by atoms with Crippen molar-refractivity contribution in [2.24, 2.45) is 0 Å². The van der Waals surface area contributed by atoms with E-state index in [9.17, 15) is 18.0 Å². The molecule has 2 heterocycles. The van der Waals surface area contributed by atoms with E-state index in [1.165, 1.54) is 12.8 Å². The van der Waals surface area contributed by atoms with E-state index < -0.39 is 24.8 Å². The molecule has 2 aliphatic rings. The van der Waals surface area contributed by atoms with Crippen molar-refractivity contribution in [1.82, 2.24) is 10.2 Å². The fraction of sp³-hybridized carbons (Fsp3) is 0.667.